The van der Waals surface area contributed by atoms with E-state index in [0.717, 1.165) is 30.6 Å². The molecule has 0 bridgehead atoms. The molecular weight excluding hydrogens is 202 g/mol. The number of hydrogen-bond donors (Lipinski definition) is 2. The summed E-state index contributed by atoms with van der Waals surface area (Å²) in [6.07, 6.45) is 2.63. The molecule has 1 atom stereocenters. The summed E-state index contributed by atoms with van der Waals surface area (Å²) in [7, 11) is 0. The highest BCUT2D eigenvalue weighted by Crippen LogP contribution is 2.26. The SMILES string of the molecule is CCOc1ccccc1C(N)CCCCO. The smallest absolute Gasteiger partial charge is 0.124 e. The molecule has 90 valence electrons. The highest BCUT2D eigenvalue weighted by Gasteiger charge is 2.10. The van der Waals surface area contributed by atoms with Crippen molar-refractivity contribution in [2.45, 2.75) is 32.2 Å². The van der Waals surface area contributed by atoms with Crippen LogP contribution in [0.5, 0.6) is 5.75 Å². The lowest BCUT2D eigenvalue weighted by Crippen LogP contribution is -2.12. The summed E-state index contributed by atoms with van der Waals surface area (Å²) in [5, 5.41) is 8.72. The van der Waals surface area contributed by atoms with E-state index in [1.165, 1.54) is 0 Å². The number of aliphatic hydroxyl groups is 1. The van der Waals surface area contributed by atoms with Crippen LogP contribution in [0.2, 0.25) is 0 Å². The Bertz CT molecular complexity index is 302. The van der Waals surface area contributed by atoms with Gasteiger partial charge in [0.1, 0.15) is 5.75 Å². The van der Waals surface area contributed by atoms with Gasteiger partial charge < -0.3 is 15.6 Å². The van der Waals surface area contributed by atoms with E-state index in [4.69, 9.17) is 15.6 Å². The molecule has 1 aromatic rings. The van der Waals surface area contributed by atoms with Crippen LogP contribution in [0.3, 0.4) is 0 Å². The predicted octanol–water partition coefficient (Wildman–Crippen LogP) is 2.25. The van der Waals surface area contributed by atoms with Crippen molar-refractivity contribution in [3.05, 3.63) is 29.8 Å². The number of para-hydroxylation sites is 1. The van der Waals surface area contributed by atoms with Gasteiger partial charge in [-0.1, -0.05) is 18.2 Å². The van der Waals surface area contributed by atoms with Gasteiger partial charge in [0.05, 0.1) is 6.61 Å². The molecule has 0 aliphatic rings. The molecule has 0 saturated heterocycles. The highest BCUT2D eigenvalue weighted by molar-refractivity contribution is 5.35. The second kappa shape index (κ2) is 7.25. The lowest BCUT2D eigenvalue weighted by Gasteiger charge is -2.16. The Hall–Kier alpha value is -1.06. The van der Waals surface area contributed by atoms with Gasteiger partial charge >= 0.3 is 0 Å². The summed E-state index contributed by atoms with van der Waals surface area (Å²) in [6, 6.07) is 7.88. The number of benzene rings is 1. The van der Waals surface area contributed by atoms with Crippen molar-refractivity contribution in [3.8, 4) is 5.75 Å². The molecule has 0 aliphatic carbocycles. The molecular formula is C13H21NO2. The molecule has 0 spiro atoms. The quantitative estimate of drug-likeness (QED) is 0.697. The summed E-state index contributed by atoms with van der Waals surface area (Å²) >= 11 is 0. The minimum Gasteiger partial charge on any atom is -0.494 e. The van der Waals surface area contributed by atoms with E-state index in [2.05, 4.69) is 0 Å². The fourth-order valence-electron chi connectivity index (χ4n) is 1.71. The summed E-state index contributed by atoms with van der Waals surface area (Å²) in [5.41, 5.74) is 7.16. The largest absolute Gasteiger partial charge is 0.494 e. The monoisotopic (exact) mass is 223 g/mol. The summed E-state index contributed by atoms with van der Waals surface area (Å²) in [5.74, 6) is 0.876. The second-order valence-corrected chi connectivity index (χ2v) is 3.80. The Morgan fingerprint density at radius 2 is 2.06 bits per heavy atom. The average molecular weight is 223 g/mol. The third-order valence-corrected chi connectivity index (χ3v) is 2.54. The summed E-state index contributed by atoms with van der Waals surface area (Å²) in [4.78, 5) is 0. The van der Waals surface area contributed by atoms with E-state index in [1.807, 2.05) is 31.2 Å². The van der Waals surface area contributed by atoms with E-state index in [9.17, 15) is 0 Å². The molecule has 0 aliphatic heterocycles. The van der Waals surface area contributed by atoms with Crippen molar-refractivity contribution in [1.82, 2.24) is 0 Å². The van der Waals surface area contributed by atoms with E-state index in [1.54, 1.807) is 0 Å². The lowest BCUT2D eigenvalue weighted by molar-refractivity contribution is 0.281. The normalized spacial score (nSPS) is 12.4. The molecule has 3 nitrogen and oxygen atoms in total. The van der Waals surface area contributed by atoms with E-state index in [-0.39, 0.29) is 12.6 Å². The Balaban J connectivity index is 2.62. The van der Waals surface area contributed by atoms with Gasteiger partial charge in [0, 0.05) is 18.2 Å². The molecule has 3 N–H and O–H groups in total. The summed E-state index contributed by atoms with van der Waals surface area (Å²) < 4.78 is 5.54. The first-order valence-corrected chi connectivity index (χ1v) is 5.87. The Labute approximate surface area is 97.2 Å². The van der Waals surface area contributed by atoms with Crippen LogP contribution in [0.4, 0.5) is 0 Å². The van der Waals surface area contributed by atoms with Crippen molar-refractivity contribution >= 4 is 0 Å². The molecule has 1 aromatic carbocycles. The van der Waals surface area contributed by atoms with Crippen LogP contribution >= 0.6 is 0 Å². The maximum atomic E-state index is 8.72. The average Bonchev–Trinajstić information content (AvgIpc) is 2.30. The molecule has 0 saturated carbocycles. The maximum absolute atomic E-state index is 8.72. The molecule has 1 rings (SSSR count). The van der Waals surface area contributed by atoms with Gasteiger partial charge in [0.25, 0.3) is 0 Å². The van der Waals surface area contributed by atoms with Gasteiger partial charge in [-0.3, -0.25) is 0 Å². The Kier molecular flexibility index (Phi) is 5.90. The van der Waals surface area contributed by atoms with E-state index in [0.29, 0.717) is 6.61 Å². The molecule has 0 amide bonds. The first-order chi connectivity index (χ1) is 7.79. The highest BCUT2D eigenvalue weighted by atomic mass is 16.5. The van der Waals surface area contributed by atoms with Gasteiger partial charge in [0.2, 0.25) is 0 Å². The molecule has 0 aromatic heterocycles. The van der Waals surface area contributed by atoms with Crippen molar-refractivity contribution in [3.63, 3.8) is 0 Å². The fraction of sp³-hybridized carbons (Fsp3) is 0.538. The van der Waals surface area contributed by atoms with E-state index >= 15 is 0 Å². The third kappa shape index (κ3) is 3.83. The number of aliphatic hydroxyl groups excluding tert-OH is 1. The van der Waals surface area contributed by atoms with Crippen LogP contribution < -0.4 is 10.5 Å². The zero-order chi connectivity index (χ0) is 11.8. The van der Waals surface area contributed by atoms with Gasteiger partial charge in [0.15, 0.2) is 0 Å². The minimum absolute atomic E-state index is 0.00528. The van der Waals surface area contributed by atoms with Crippen molar-refractivity contribution < 1.29 is 9.84 Å². The fourth-order valence-corrected chi connectivity index (χ4v) is 1.71. The van der Waals surface area contributed by atoms with Gasteiger partial charge in [-0.15, -0.1) is 0 Å². The van der Waals surface area contributed by atoms with Crippen molar-refractivity contribution in [2.75, 3.05) is 13.2 Å². The van der Waals surface area contributed by atoms with E-state index < -0.39 is 0 Å². The van der Waals surface area contributed by atoms with Crippen LogP contribution in [0.25, 0.3) is 0 Å². The van der Waals surface area contributed by atoms with Crippen molar-refractivity contribution in [2.24, 2.45) is 5.73 Å². The first-order valence-electron chi connectivity index (χ1n) is 5.87. The van der Waals surface area contributed by atoms with Gasteiger partial charge in [-0.25, -0.2) is 0 Å². The van der Waals surface area contributed by atoms with Gasteiger partial charge in [-0.2, -0.15) is 0 Å². The standard InChI is InChI=1S/C13H21NO2/c1-2-16-13-9-4-3-7-11(13)12(14)8-5-6-10-15/h3-4,7,9,12,15H,2,5-6,8,10,14H2,1H3. The number of rotatable bonds is 7. The van der Waals surface area contributed by atoms with Gasteiger partial charge in [-0.05, 0) is 32.3 Å². The zero-order valence-electron chi connectivity index (χ0n) is 9.86. The van der Waals surface area contributed by atoms with Crippen LogP contribution in [0.1, 0.15) is 37.8 Å². The molecule has 0 fully saturated rings. The predicted molar refractivity (Wildman–Crippen MR) is 65.5 cm³/mol. The van der Waals surface area contributed by atoms with Crippen LogP contribution in [-0.2, 0) is 0 Å². The number of nitrogens with two attached hydrogens (primary N) is 1. The number of unbranched alkanes of at least 4 members (excludes halogenated alkanes) is 1. The molecule has 16 heavy (non-hydrogen) atoms. The zero-order valence-corrected chi connectivity index (χ0v) is 9.86. The number of ether oxygens (including phenoxy) is 1. The van der Waals surface area contributed by atoms with Crippen LogP contribution in [0, 0.1) is 0 Å². The molecule has 3 heteroatoms. The van der Waals surface area contributed by atoms with Crippen LogP contribution in [-0.4, -0.2) is 18.3 Å². The summed E-state index contributed by atoms with van der Waals surface area (Å²) in [6.45, 7) is 2.86. The second-order valence-electron chi connectivity index (χ2n) is 3.80. The Morgan fingerprint density at radius 3 is 2.75 bits per heavy atom. The lowest BCUT2D eigenvalue weighted by atomic mass is 10.0. The van der Waals surface area contributed by atoms with Crippen molar-refractivity contribution in [1.29, 1.82) is 0 Å². The minimum atomic E-state index is -0.00528. The maximum Gasteiger partial charge on any atom is 0.124 e. The number of hydrogen-bond acceptors (Lipinski definition) is 3. The Morgan fingerprint density at radius 1 is 1.31 bits per heavy atom. The topological polar surface area (TPSA) is 55.5 Å². The molecule has 0 radical (unpaired) electrons. The van der Waals surface area contributed by atoms with Crippen LogP contribution in [0.15, 0.2) is 24.3 Å². The molecule has 0 heterocycles. The third-order valence-electron chi connectivity index (χ3n) is 2.54. The first kappa shape index (κ1) is 13.0. The molecule has 1 unspecified atom stereocenters.